The van der Waals surface area contributed by atoms with Gasteiger partial charge >= 0.3 is 0 Å². The molecule has 0 aliphatic carbocycles. The molecule has 1 unspecified atom stereocenters. The smallest absolute Gasteiger partial charge is 0.269 e. The molecular formula is C13H16N2O5. The minimum atomic E-state index is -1.36. The first-order chi connectivity index (χ1) is 9.34. The summed E-state index contributed by atoms with van der Waals surface area (Å²) in [4.78, 5) is 21.4. The second-order valence-corrected chi connectivity index (χ2v) is 4.55. The van der Waals surface area contributed by atoms with Gasteiger partial charge < -0.3 is 15.5 Å². The van der Waals surface area contributed by atoms with Crippen molar-refractivity contribution in [1.29, 1.82) is 0 Å². The Kier molecular flexibility index (Phi) is 5.36. The topological polar surface area (TPSA) is 113 Å². The van der Waals surface area contributed by atoms with E-state index in [1.54, 1.807) is 0 Å². The molecule has 3 N–H and O–H groups in total. The number of carbonyl (C=O) groups is 1. The quantitative estimate of drug-likeness (QED) is 0.398. The summed E-state index contributed by atoms with van der Waals surface area (Å²) in [6.07, 6.45) is 2.74. The summed E-state index contributed by atoms with van der Waals surface area (Å²) in [5.41, 5.74) is -0.748. The fraction of sp³-hybridized carbons (Fsp3) is 0.308. The maximum Gasteiger partial charge on any atom is 0.269 e. The number of amides is 1. The van der Waals surface area contributed by atoms with Crippen molar-refractivity contribution in [2.45, 2.75) is 12.5 Å². The number of hydrogen-bond acceptors (Lipinski definition) is 5. The van der Waals surface area contributed by atoms with Gasteiger partial charge in [0.2, 0.25) is 5.91 Å². The van der Waals surface area contributed by atoms with Crippen LogP contribution in [0.2, 0.25) is 0 Å². The van der Waals surface area contributed by atoms with E-state index in [-0.39, 0.29) is 12.2 Å². The van der Waals surface area contributed by atoms with Crippen molar-refractivity contribution in [3.8, 4) is 0 Å². The first-order valence-electron chi connectivity index (χ1n) is 5.88. The second kappa shape index (κ2) is 6.78. The summed E-state index contributed by atoms with van der Waals surface area (Å²) >= 11 is 0. The average Bonchev–Trinajstić information content (AvgIpc) is 2.43. The fourth-order valence-corrected chi connectivity index (χ4v) is 1.27. The van der Waals surface area contributed by atoms with E-state index in [0.717, 1.165) is 0 Å². The van der Waals surface area contributed by atoms with Gasteiger partial charge in [-0.3, -0.25) is 14.9 Å². The molecule has 0 fully saturated rings. The van der Waals surface area contributed by atoms with Crippen molar-refractivity contribution < 1.29 is 19.9 Å². The molecule has 0 heterocycles. The number of aliphatic hydroxyl groups is 2. The van der Waals surface area contributed by atoms with Gasteiger partial charge in [0.25, 0.3) is 5.69 Å². The zero-order chi connectivity index (χ0) is 15.2. The minimum absolute atomic E-state index is 0.0226. The van der Waals surface area contributed by atoms with E-state index in [4.69, 9.17) is 5.11 Å². The molecule has 0 spiro atoms. The standard InChI is InChI=1S/C13H16N2O5/c1-13(18,9-16)8-14-12(17)7-4-10-2-5-11(6-3-10)15(19)20/h2-7,16,18H,8-9H2,1H3,(H,14,17). The molecule has 108 valence electrons. The van der Waals surface area contributed by atoms with Gasteiger partial charge in [-0.15, -0.1) is 0 Å². The molecule has 1 aromatic carbocycles. The van der Waals surface area contributed by atoms with Gasteiger partial charge in [0, 0.05) is 24.8 Å². The minimum Gasteiger partial charge on any atom is -0.393 e. The van der Waals surface area contributed by atoms with Crippen LogP contribution in [0.3, 0.4) is 0 Å². The zero-order valence-corrected chi connectivity index (χ0v) is 10.9. The molecule has 7 nitrogen and oxygen atoms in total. The summed E-state index contributed by atoms with van der Waals surface area (Å²) in [6, 6.07) is 5.72. The lowest BCUT2D eigenvalue weighted by molar-refractivity contribution is -0.384. The number of benzene rings is 1. The van der Waals surface area contributed by atoms with Crippen LogP contribution in [0.4, 0.5) is 5.69 Å². The van der Waals surface area contributed by atoms with E-state index in [1.165, 1.54) is 43.3 Å². The predicted molar refractivity (Wildman–Crippen MR) is 72.8 cm³/mol. The van der Waals surface area contributed by atoms with Crippen LogP contribution < -0.4 is 5.32 Å². The lowest BCUT2D eigenvalue weighted by Crippen LogP contribution is -2.42. The Morgan fingerprint density at radius 1 is 1.45 bits per heavy atom. The Balaban J connectivity index is 2.55. The number of nitro benzene ring substituents is 1. The molecule has 1 rings (SSSR count). The highest BCUT2D eigenvalue weighted by atomic mass is 16.6. The van der Waals surface area contributed by atoms with Crippen LogP contribution in [0, 0.1) is 10.1 Å². The summed E-state index contributed by atoms with van der Waals surface area (Å²) in [5.74, 6) is -0.433. The molecule has 1 atom stereocenters. The molecule has 0 aliphatic heterocycles. The van der Waals surface area contributed by atoms with E-state index in [9.17, 15) is 20.0 Å². The third-order valence-electron chi connectivity index (χ3n) is 2.52. The molecule has 0 bridgehead atoms. The van der Waals surface area contributed by atoms with Crippen molar-refractivity contribution in [3.63, 3.8) is 0 Å². The first kappa shape index (κ1) is 15.8. The number of nitrogens with one attached hydrogen (secondary N) is 1. The molecular weight excluding hydrogens is 264 g/mol. The molecule has 0 aromatic heterocycles. The van der Waals surface area contributed by atoms with Crippen LogP contribution in [-0.2, 0) is 4.79 Å². The van der Waals surface area contributed by atoms with E-state index in [1.807, 2.05) is 0 Å². The van der Waals surface area contributed by atoms with Gasteiger partial charge in [-0.2, -0.15) is 0 Å². The predicted octanol–water partition coefficient (Wildman–Crippen LogP) is 0.467. The Labute approximate surface area is 115 Å². The van der Waals surface area contributed by atoms with E-state index >= 15 is 0 Å². The van der Waals surface area contributed by atoms with Gasteiger partial charge in [0.1, 0.15) is 5.60 Å². The molecule has 0 saturated carbocycles. The Bertz CT molecular complexity index is 508. The lowest BCUT2D eigenvalue weighted by atomic mass is 10.1. The average molecular weight is 280 g/mol. The molecule has 1 aromatic rings. The maximum atomic E-state index is 11.5. The zero-order valence-electron chi connectivity index (χ0n) is 10.9. The number of nitro groups is 1. The molecule has 0 saturated heterocycles. The molecule has 0 radical (unpaired) electrons. The maximum absolute atomic E-state index is 11.5. The van der Waals surface area contributed by atoms with Crippen molar-refractivity contribution >= 4 is 17.7 Å². The first-order valence-corrected chi connectivity index (χ1v) is 5.88. The van der Waals surface area contributed by atoms with E-state index in [0.29, 0.717) is 5.56 Å². The van der Waals surface area contributed by atoms with Crippen LogP contribution in [0.15, 0.2) is 30.3 Å². The lowest BCUT2D eigenvalue weighted by Gasteiger charge is -2.19. The van der Waals surface area contributed by atoms with Gasteiger partial charge in [-0.05, 0) is 30.7 Å². The van der Waals surface area contributed by atoms with Crippen LogP contribution >= 0.6 is 0 Å². The van der Waals surface area contributed by atoms with Crippen LogP contribution in [0.5, 0.6) is 0 Å². The second-order valence-electron chi connectivity index (χ2n) is 4.55. The Morgan fingerprint density at radius 3 is 2.55 bits per heavy atom. The summed E-state index contributed by atoms with van der Waals surface area (Å²) < 4.78 is 0. The Hall–Kier alpha value is -2.25. The van der Waals surface area contributed by atoms with Crippen molar-refractivity contribution in [2.75, 3.05) is 13.2 Å². The van der Waals surface area contributed by atoms with Gasteiger partial charge in [0.15, 0.2) is 0 Å². The number of aliphatic hydroxyl groups excluding tert-OH is 1. The number of non-ortho nitro benzene ring substituents is 1. The third kappa shape index (κ3) is 5.17. The van der Waals surface area contributed by atoms with Crippen LogP contribution in [-0.4, -0.2) is 39.8 Å². The molecule has 1 amide bonds. The molecule has 20 heavy (non-hydrogen) atoms. The summed E-state index contributed by atoms with van der Waals surface area (Å²) in [7, 11) is 0. The normalized spacial score (nSPS) is 13.9. The number of hydrogen-bond donors (Lipinski definition) is 3. The SMILES string of the molecule is CC(O)(CO)CNC(=O)C=Cc1ccc([N+](=O)[O-])cc1. The Morgan fingerprint density at radius 2 is 2.05 bits per heavy atom. The summed E-state index contributed by atoms with van der Waals surface area (Å²) in [6.45, 7) is 0.861. The number of carbonyl (C=O) groups excluding carboxylic acids is 1. The summed E-state index contributed by atoms with van der Waals surface area (Å²) in [5, 5.41) is 31.2. The fourth-order valence-electron chi connectivity index (χ4n) is 1.27. The third-order valence-corrected chi connectivity index (χ3v) is 2.52. The molecule has 0 aliphatic rings. The van der Waals surface area contributed by atoms with Gasteiger partial charge in [-0.1, -0.05) is 0 Å². The van der Waals surface area contributed by atoms with Crippen molar-refractivity contribution in [1.82, 2.24) is 5.32 Å². The van der Waals surface area contributed by atoms with Crippen LogP contribution in [0.25, 0.3) is 6.08 Å². The number of nitrogens with zero attached hydrogens (tertiary/aromatic N) is 1. The van der Waals surface area contributed by atoms with E-state index in [2.05, 4.69) is 5.32 Å². The van der Waals surface area contributed by atoms with Crippen LogP contribution in [0.1, 0.15) is 12.5 Å². The highest BCUT2D eigenvalue weighted by Crippen LogP contribution is 2.12. The number of rotatable bonds is 6. The van der Waals surface area contributed by atoms with Gasteiger partial charge in [0.05, 0.1) is 11.5 Å². The largest absolute Gasteiger partial charge is 0.393 e. The monoisotopic (exact) mass is 280 g/mol. The van der Waals surface area contributed by atoms with Crippen molar-refractivity contribution in [3.05, 3.63) is 46.0 Å². The van der Waals surface area contributed by atoms with E-state index < -0.39 is 23.0 Å². The molecule has 7 heteroatoms. The highest BCUT2D eigenvalue weighted by molar-refractivity contribution is 5.91. The van der Waals surface area contributed by atoms with Crippen molar-refractivity contribution in [2.24, 2.45) is 0 Å². The van der Waals surface area contributed by atoms with Gasteiger partial charge in [-0.25, -0.2) is 0 Å². The highest BCUT2D eigenvalue weighted by Gasteiger charge is 2.18.